The molecule has 1 N–H and O–H groups in total. The van der Waals surface area contributed by atoms with E-state index in [1.807, 2.05) is 30.3 Å². The normalized spacial score (nSPS) is 16.9. The number of aliphatic hydroxyl groups is 1. The highest BCUT2D eigenvalue weighted by molar-refractivity contribution is 5.51. The van der Waals surface area contributed by atoms with Gasteiger partial charge in [-0.3, -0.25) is 0 Å². The lowest BCUT2D eigenvalue weighted by atomic mass is 9.95. The molecular formula is C21H22FNO. The van der Waals surface area contributed by atoms with Gasteiger partial charge in [0.2, 0.25) is 0 Å². The quantitative estimate of drug-likeness (QED) is 0.842. The van der Waals surface area contributed by atoms with E-state index in [-0.39, 0.29) is 5.82 Å². The molecule has 1 atom stereocenters. The van der Waals surface area contributed by atoms with Crippen molar-refractivity contribution >= 4 is 5.69 Å². The van der Waals surface area contributed by atoms with Crippen LogP contribution >= 0.6 is 0 Å². The lowest BCUT2D eigenvalue weighted by Gasteiger charge is -2.29. The van der Waals surface area contributed by atoms with Crippen molar-refractivity contribution in [1.29, 1.82) is 0 Å². The van der Waals surface area contributed by atoms with Crippen molar-refractivity contribution in [2.24, 2.45) is 0 Å². The Hall–Kier alpha value is -2.31. The second-order valence-electron chi connectivity index (χ2n) is 6.40. The van der Waals surface area contributed by atoms with Crippen LogP contribution in [-0.4, -0.2) is 18.2 Å². The SMILES string of the molecule is CC(O)(C#Cc1ccccc1)c1ccc(N2CCCCC2)c(F)c1. The fourth-order valence-corrected chi connectivity index (χ4v) is 2.99. The minimum Gasteiger partial charge on any atom is -0.374 e. The van der Waals surface area contributed by atoms with E-state index in [9.17, 15) is 9.50 Å². The molecule has 3 heteroatoms. The first kappa shape index (κ1) is 16.5. The van der Waals surface area contributed by atoms with E-state index < -0.39 is 5.60 Å². The fourth-order valence-electron chi connectivity index (χ4n) is 2.99. The summed E-state index contributed by atoms with van der Waals surface area (Å²) in [6.45, 7) is 3.37. The molecule has 1 aliphatic rings. The van der Waals surface area contributed by atoms with Crippen LogP contribution in [-0.2, 0) is 5.60 Å². The first-order valence-electron chi connectivity index (χ1n) is 8.42. The molecule has 24 heavy (non-hydrogen) atoms. The van der Waals surface area contributed by atoms with Gasteiger partial charge in [-0.1, -0.05) is 36.1 Å². The Kier molecular flexibility index (Phi) is 4.87. The average Bonchev–Trinajstić information content (AvgIpc) is 2.61. The predicted molar refractivity (Wildman–Crippen MR) is 95.4 cm³/mol. The van der Waals surface area contributed by atoms with Crippen molar-refractivity contribution in [2.45, 2.75) is 31.8 Å². The molecule has 3 rings (SSSR count). The molecule has 2 aromatic rings. The molecule has 0 saturated carbocycles. The van der Waals surface area contributed by atoms with Gasteiger partial charge in [0.25, 0.3) is 0 Å². The van der Waals surface area contributed by atoms with E-state index in [2.05, 4.69) is 16.7 Å². The van der Waals surface area contributed by atoms with Gasteiger partial charge in [-0.2, -0.15) is 0 Å². The van der Waals surface area contributed by atoms with Crippen LogP contribution in [0, 0.1) is 17.7 Å². The van der Waals surface area contributed by atoms with Crippen molar-refractivity contribution < 1.29 is 9.50 Å². The van der Waals surface area contributed by atoms with Gasteiger partial charge in [-0.15, -0.1) is 0 Å². The highest BCUT2D eigenvalue weighted by Crippen LogP contribution is 2.28. The molecule has 1 heterocycles. The van der Waals surface area contributed by atoms with Crippen molar-refractivity contribution in [1.82, 2.24) is 0 Å². The summed E-state index contributed by atoms with van der Waals surface area (Å²) >= 11 is 0. The Morgan fingerprint density at radius 2 is 1.75 bits per heavy atom. The number of rotatable bonds is 2. The molecule has 0 bridgehead atoms. The number of nitrogens with zero attached hydrogens (tertiary/aromatic N) is 1. The highest BCUT2D eigenvalue weighted by Gasteiger charge is 2.23. The van der Waals surface area contributed by atoms with E-state index in [4.69, 9.17) is 0 Å². The molecule has 1 saturated heterocycles. The van der Waals surface area contributed by atoms with Crippen LogP contribution in [0.1, 0.15) is 37.3 Å². The molecule has 0 radical (unpaired) electrons. The number of hydrogen-bond donors (Lipinski definition) is 1. The summed E-state index contributed by atoms with van der Waals surface area (Å²) in [7, 11) is 0. The van der Waals surface area contributed by atoms with Crippen molar-refractivity contribution in [3.63, 3.8) is 0 Å². The summed E-state index contributed by atoms with van der Waals surface area (Å²) in [6, 6.07) is 14.4. The third-order valence-electron chi connectivity index (χ3n) is 4.43. The number of halogens is 1. The number of benzene rings is 2. The van der Waals surface area contributed by atoms with Crippen LogP contribution in [0.2, 0.25) is 0 Å². The van der Waals surface area contributed by atoms with Gasteiger partial charge in [0.05, 0.1) is 5.69 Å². The molecular weight excluding hydrogens is 301 g/mol. The third kappa shape index (κ3) is 3.77. The standard InChI is InChI=1S/C21H22FNO/c1-21(24,13-12-17-8-4-2-5-9-17)18-10-11-20(19(22)16-18)23-14-6-3-7-15-23/h2,4-5,8-11,16,24H,3,6-7,14-15H2,1H3. The van der Waals surface area contributed by atoms with Crippen LogP contribution in [0.3, 0.4) is 0 Å². The fraction of sp³-hybridized carbons (Fsp3) is 0.333. The molecule has 0 aliphatic carbocycles. The van der Waals surface area contributed by atoms with Gasteiger partial charge in [0.1, 0.15) is 11.4 Å². The van der Waals surface area contributed by atoms with Gasteiger partial charge in [0, 0.05) is 18.7 Å². The summed E-state index contributed by atoms with van der Waals surface area (Å²) in [6.07, 6.45) is 3.41. The summed E-state index contributed by atoms with van der Waals surface area (Å²) in [5.41, 5.74) is 0.523. The molecule has 0 amide bonds. The Morgan fingerprint density at radius 1 is 1.04 bits per heavy atom. The maximum absolute atomic E-state index is 14.5. The van der Waals surface area contributed by atoms with Crippen molar-refractivity contribution in [3.05, 3.63) is 65.5 Å². The summed E-state index contributed by atoms with van der Waals surface area (Å²) in [5, 5.41) is 10.6. The zero-order chi connectivity index (χ0) is 17.0. The first-order valence-corrected chi connectivity index (χ1v) is 8.42. The summed E-state index contributed by atoms with van der Waals surface area (Å²) < 4.78 is 14.5. The van der Waals surface area contributed by atoms with E-state index in [0.717, 1.165) is 31.5 Å². The average molecular weight is 323 g/mol. The van der Waals surface area contributed by atoms with E-state index >= 15 is 0 Å². The molecule has 124 valence electrons. The largest absolute Gasteiger partial charge is 0.374 e. The van der Waals surface area contributed by atoms with Crippen LogP contribution in [0.25, 0.3) is 0 Å². The molecule has 1 aliphatic heterocycles. The molecule has 1 unspecified atom stereocenters. The van der Waals surface area contributed by atoms with Crippen molar-refractivity contribution in [2.75, 3.05) is 18.0 Å². The number of hydrogen-bond acceptors (Lipinski definition) is 2. The maximum Gasteiger partial charge on any atom is 0.148 e. The molecule has 0 spiro atoms. The molecule has 2 aromatic carbocycles. The second kappa shape index (κ2) is 7.07. The van der Waals surface area contributed by atoms with Crippen LogP contribution in [0.4, 0.5) is 10.1 Å². The van der Waals surface area contributed by atoms with Gasteiger partial charge >= 0.3 is 0 Å². The molecule has 0 aromatic heterocycles. The maximum atomic E-state index is 14.5. The topological polar surface area (TPSA) is 23.5 Å². The monoisotopic (exact) mass is 323 g/mol. The summed E-state index contributed by atoms with van der Waals surface area (Å²) in [4.78, 5) is 2.08. The van der Waals surface area contributed by atoms with Crippen LogP contribution < -0.4 is 4.90 Å². The van der Waals surface area contributed by atoms with Gasteiger partial charge in [0.15, 0.2) is 0 Å². The van der Waals surface area contributed by atoms with Gasteiger partial charge in [-0.25, -0.2) is 4.39 Å². The van der Waals surface area contributed by atoms with E-state index in [1.54, 1.807) is 19.1 Å². The molecule has 2 nitrogen and oxygen atoms in total. The van der Waals surface area contributed by atoms with Crippen molar-refractivity contribution in [3.8, 4) is 11.8 Å². The lowest BCUT2D eigenvalue weighted by Crippen LogP contribution is -2.30. The lowest BCUT2D eigenvalue weighted by molar-refractivity contribution is 0.122. The highest BCUT2D eigenvalue weighted by atomic mass is 19.1. The smallest absolute Gasteiger partial charge is 0.148 e. The third-order valence-corrected chi connectivity index (χ3v) is 4.43. The van der Waals surface area contributed by atoms with Gasteiger partial charge < -0.3 is 10.0 Å². The molecule has 1 fully saturated rings. The number of anilines is 1. The minimum absolute atomic E-state index is 0.295. The zero-order valence-corrected chi connectivity index (χ0v) is 13.9. The van der Waals surface area contributed by atoms with E-state index in [0.29, 0.717) is 11.3 Å². The Balaban J connectivity index is 1.83. The number of piperidine rings is 1. The Labute approximate surface area is 142 Å². The van der Waals surface area contributed by atoms with E-state index in [1.165, 1.54) is 12.5 Å². The van der Waals surface area contributed by atoms with Gasteiger partial charge in [-0.05, 0) is 56.0 Å². The Morgan fingerprint density at radius 3 is 2.42 bits per heavy atom. The second-order valence-corrected chi connectivity index (χ2v) is 6.40. The first-order chi connectivity index (χ1) is 11.6. The van der Waals surface area contributed by atoms with Crippen LogP contribution in [0.5, 0.6) is 0 Å². The minimum atomic E-state index is -1.39. The summed E-state index contributed by atoms with van der Waals surface area (Å²) in [5.74, 6) is 5.50. The Bertz CT molecular complexity index is 752. The zero-order valence-electron chi connectivity index (χ0n) is 13.9. The van der Waals surface area contributed by atoms with Crippen LogP contribution in [0.15, 0.2) is 48.5 Å². The predicted octanol–water partition coefficient (Wildman–Crippen LogP) is 4.08.